The van der Waals surface area contributed by atoms with Crippen molar-refractivity contribution < 1.29 is 22.8 Å². The standard InChI is InChI=1S/C22H23F3N6O2/c1-12(2)18(19(26)32)31-20-13-7-3-5-9-15(13)28-17(30-20)11-27-21(33)29-16-10-6-4-8-14(16)22(23,24)25/h3-10,12,18H,11H2,1-2H3,(H2,26,32)(H2,27,29,33)(H,28,30,31)/t18-/m0/s1. The zero-order chi connectivity index (χ0) is 24.2. The summed E-state index contributed by atoms with van der Waals surface area (Å²) in [6.07, 6.45) is -4.61. The fourth-order valence-corrected chi connectivity index (χ4v) is 3.19. The molecule has 0 unspecified atom stereocenters. The SMILES string of the molecule is CC(C)[C@H](Nc1nc(CNC(=O)Nc2ccccc2C(F)(F)F)nc2ccccc12)C(N)=O. The van der Waals surface area contributed by atoms with Crippen molar-refractivity contribution in [1.82, 2.24) is 15.3 Å². The number of carbonyl (C=O) groups is 2. The van der Waals surface area contributed by atoms with Crippen LogP contribution in [-0.2, 0) is 17.5 Å². The van der Waals surface area contributed by atoms with E-state index in [-0.39, 0.29) is 24.0 Å². The predicted octanol–water partition coefficient (Wildman–Crippen LogP) is 3.89. The molecule has 1 heterocycles. The molecule has 1 atom stereocenters. The van der Waals surface area contributed by atoms with Crippen LogP contribution in [0.5, 0.6) is 0 Å². The minimum absolute atomic E-state index is 0.114. The maximum atomic E-state index is 13.1. The Morgan fingerprint density at radius 3 is 2.36 bits per heavy atom. The van der Waals surface area contributed by atoms with Crippen molar-refractivity contribution in [2.75, 3.05) is 10.6 Å². The van der Waals surface area contributed by atoms with E-state index in [1.54, 1.807) is 24.3 Å². The van der Waals surface area contributed by atoms with Gasteiger partial charge >= 0.3 is 12.2 Å². The molecule has 3 rings (SSSR count). The van der Waals surface area contributed by atoms with Crippen LogP contribution in [0, 0.1) is 5.92 Å². The van der Waals surface area contributed by atoms with E-state index in [1.807, 2.05) is 13.8 Å². The van der Waals surface area contributed by atoms with Gasteiger partial charge in [0.25, 0.3) is 0 Å². The fraction of sp³-hybridized carbons (Fsp3) is 0.273. The summed E-state index contributed by atoms with van der Waals surface area (Å²) in [6.45, 7) is 3.50. The second-order valence-corrected chi connectivity index (χ2v) is 7.63. The third-order valence-corrected chi connectivity index (χ3v) is 4.80. The van der Waals surface area contributed by atoms with E-state index < -0.39 is 29.7 Å². The van der Waals surface area contributed by atoms with Crippen molar-refractivity contribution >= 4 is 34.3 Å². The predicted molar refractivity (Wildman–Crippen MR) is 118 cm³/mol. The Labute approximate surface area is 187 Å². The molecule has 0 aliphatic rings. The Hall–Kier alpha value is -3.89. The minimum atomic E-state index is -4.61. The first-order valence-corrected chi connectivity index (χ1v) is 10.1. The van der Waals surface area contributed by atoms with Gasteiger partial charge in [0, 0.05) is 5.39 Å². The van der Waals surface area contributed by atoms with E-state index in [1.165, 1.54) is 12.1 Å². The van der Waals surface area contributed by atoms with Crippen molar-refractivity contribution in [3.8, 4) is 0 Å². The highest BCUT2D eigenvalue weighted by atomic mass is 19.4. The monoisotopic (exact) mass is 460 g/mol. The number of carbonyl (C=O) groups excluding carboxylic acids is 2. The second-order valence-electron chi connectivity index (χ2n) is 7.63. The van der Waals surface area contributed by atoms with Gasteiger partial charge in [-0.1, -0.05) is 38.1 Å². The minimum Gasteiger partial charge on any atom is -0.368 e. The summed E-state index contributed by atoms with van der Waals surface area (Å²) >= 11 is 0. The van der Waals surface area contributed by atoms with Crippen LogP contribution in [0.3, 0.4) is 0 Å². The number of nitrogens with one attached hydrogen (secondary N) is 3. The van der Waals surface area contributed by atoms with Gasteiger partial charge < -0.3 is 21.7 Å². The van der Waals surface area contributed by atoms with Gasteiger partial charge in [-0.15, -0.1) is 0 Å². The molecule has 5 N–H and O–H groups in total. The number of anilines is 2. The summed E-state index contributed by atoms with van der Waals surface area (Å²) in [6, 6.07) is 10.2. The van der Waals surface area contributed by atoms with Crippen LogP contribution in [0.2, 0.25) is 0 Å². The van der Waals surface area contributed by atoms with E-state index in [9.17, 15) is 22.8 Å². The number of benzene rings is 2. The van der Waals surface area contributed by atoms with Crippen LogP contribution in [0.15, 0.2) is 48.5 Å². The molecule has 0 fully saturated rings. The summed E-state index contributed by atoms with van der Waals surface area (Å²) in [5.41, 5.74) is 4.72. The van der Waals surface area contributed by atoms with Gasteiger partial charge in [0.1, 0.15) is 11.9 Å². The van der Waals surface area contributed by atoms with Gasteiger partial charge in [-0.3, -0.25) is 4.79 Å². The number of hydrogen-bond donors (Lipinski definition) is 4. The first-order valence-electron chi connectivity index (χ1n) is 10.1. The Morgan fingerprint density at radius 1 is 1.03 bits per heavy atom. The van der Waals surface area contributed by atoms with Gasteiger partial charge in [-0.25, -0.2) is 14.8 Å². The number of urea groups is 1. The van der Waals surface area contributed by atoms with Crippen molar-refractivity contribution in [2.45, 2.75) is 32.6 Å². The number of rotatable bonds is 7. The molecule has 33 heavy (non-hydrogen) atoms. The topological polar surface area (TPSA) is 122 Å². The summed E-state index contributed by atoms with van der Waals surface area (Å²) in [7, 11) is 0. The Morgan fingerprint density at radius 2 is 1.70 bits per heavy atom. The largest absolute Gasteiger partial charge is 0.418 e. The van der Waals surface area contributed by atoms with E-state index in [0.29, 0.717) is 16.7 Å². The number of amides is 3. The van der Waals surface area contributed by atoms with Crippen molar-refractivity contribution in [3.63, 3.8) is 0 Å². The average Bonchev–Trinajstić information content (AvgIpc) is 2.75. The molecule has 0 aliphatic heterocycles. The molecule has 2 aromatic carbocycles. The second kappa shape index (κ2) is 9.72. The number of fused-ring (bicyclic) bond motifs is 1. The van der Waals surface area contributed by atoms with Crippen LogP contribution in [-0.4, -0.2) is 27.9 Å². The molecule has 0 aliphatic carbocycles. The molecule has 3 aromatic rings. The van der Waals surface area contributed by atoms with E-state index in [4.69, 9.17) is 5.73 Å². The third kappa shape index (κ3) is 5.88. The van der Waals surface area contributed by atoms with Crippen molar-refractivity contribution in [2.24, 2.45) is 11.7 Å². The molecule has 8 nitrogen and oxygen atoms in total. The number of nitrogens with zero attached hydrogens (tertiary/aromatic N) is 2. The third-order valence-electron chi connectivity index (χ3n) is 4.80. The lowest BCUT2D eigenvalue weighted by atomic mass is 10.0. The fourth-order valence-electron chi connectivity index (χ4n) is 3.19. The van der Waals surface area contributed by atoms with E-state index in [2.05, 4.69) is 25.9 Å². The maximum Gasteiger partial charge on any atom is 0.418 e. The smallest absolute Gasteiger partial charge is 0.368 e. The van der Waals surface area contributed by atoms with Gasteiger partial charge in [0.2, 0.25) is 5.91 Å². The maximum absolute atomic E-state index is 13.1. The van der Waals surface area contributed by atoms with E-state index >= 15 is 0 Å². The summed E-state index contributed by atoms with van der Waals surface area (Å²) < 4.78 is 39.4. The van der Waals surface area contributed by atoms with Crippen molar-refractivity contribution in [3.05, 3.63) is 59.9 Å². The zero-order valence-corrected chi connectivity index (χ0v) is 17.9. The van der Waals surface area contributed by atoms with Gasteiger partial charge in [-0.05, 0) is 30.2 Å². The summed E-state index contributed by atoms with van der Waals surface area (Å²) in [4.78, 5) is 32.8. The lowest BCUT2D eigenvalue weighted by Crippen LogP contribution is -2.40. The number of nitrogens with two attached hydrogens (primary N) is 1. The van der Waals surface area contributed by atoms with Gasteiger partial charge in [0.15, 0.2) is 5.82 Å². The molecule has 0 saturated heterocycles. The highest BCUT2D eigenvalue weighted by molar-refractivity contribution is 5.92. The molecular weight excluding hydrogens is 437 g/mol. The Kier molecular flexibility index (Phi) is 7.00. The van der Waals surface area contributed by atoms with Crippen LogP contribution in [0.25, 0.3) is 10.9 Å². The van der Waals surface area contributed by atoms with Crippen molar-refractivity contribution in [1.29, 1.82) is 0 Å². The summed E-state index contributed by atoms with van der Waals surface area (Å²) in [5.74, 6) is -0.104. The quantitative estimate of drug-likeness (QED) is 0.426. The number of alkyl halides is 3. The molecule has 0 saturated carbocycles. The first kappa shape index (κ1) is 23.8. The first-order chi connectivity index (χ1) is 15.6. The molecule has 1 aromatic heterocycles. The van der Waals surface area contributed by atoms with Crippen LogP contribution in [0.1, 0.15) is 25.2 Å². The zero-order valence-electron chi connectivity index (χ0n) is 17.9. The number of halogens is 3. The molecule has 3 amide bonds. The van der Waals surface area contributed by atoms with Crippen LogP contribution in [0.4, 0.5) is 29.5 Å². The Balaban J connectivity index is 1.80. The number of aromatic nitrogens is 2. The number of hydrogen-bond acceptors (Lipinski definition) is 5. The van der Waals surface area contributed by atoms with Gasteiger partial charge in [-0.2, -0.15) is 13.2 Å². The van der Waals surface area contributed by atoms with Crippen LogP contribution < -0.4 is 21.7 Å². The normalized spacial score (nSPS) is 12.4. The lowest BCUT2D eigenvalue weighted by molar-refractivity contribution is -0.137. The van der Waals surface area contributed by atoms with E-state index in [0.717, 1.165) is 12.1 Å². The lowest BCUT2D eigenvalue weighted by Gasteiger charge is -2.21. The highest BCUT2D eigenvalue weighted by Gasteiger charge is 2.33. The Bertz CT molecular complexity index is 1170. The van der Waals surface area contributed by atoms with Crippen LogP contribution >= 0.6 is 0 Å². The number of para-hydroxylation sites is 2. The number of primary amides is 1. The molecule has 0 bridgehead atoms. The molecular formula is C22H23F3N6O2. The molecule has 0 spiro atoms. The summed E-state index contributed by atoms with van der Waals surface area (Å²) in [5, 5.41) is 8.34. The van der Waals surface area contributed by atoms with Gasteiger partial charge in [0.05, 0.1) is 23.3 Å². The molecule has 11 heteroatoms. The molecule has 174 valence electrons. The highest BCUT2D eigenvalue weighted by Crippen LogP contribution is 2.34. The molecule has 0 radical (unpaired) electrons. The average molecular weight is 460 g/mol.